The molecule has 0 aliphatic carbocycles. The highest BCUT2D eigenvalue weighted by Gasteiger charge is 2.13. The van der Waals surface area contributed by atoms with Crippen LogP contribution in [0.4, 0.5) is 30.4 Å². The lowest BCUT2D eigenvalue weighted by molar-refractivity contribution is -0.115. The third-order valence-electron chi connectivity index (χ3n) is 3.47. The fraction of sp³-hybridized carbons (Fsp3) is 0.0556. The van der Waals surface area contributed by atoms with Crippen LogP contribution >= 0.6 is 11.6 Å². The van der Waals surface area contributed by atoms with Crippen molar-refractivity contribution >= 4 is 34.7 Å². The van der Waals surface area contributed by atoms with E-state index in [9.17, 15) is 18.0 Å². The SMILES string of the molecule is O=C(Cc1c(F)cccc1Cl)Nc1cnnc(Nc2cc(F)cc(F)c2)c1. The molecular formula is C18H12ClF3N4O. The van der Waals surface area contributed by atoms with Crippen molar-refractivity contribution < 1.29 is 18.0 Å². The highest BCUT2D eigenvalue weighted by atomic mass is 35.5. The van der Waals surface area contributed by atoms with E-state index in [2.05, 4.69) is 20.8 Å². The van der Waals surface area contributed by atoms with E-state index in [1.54, 1.807) is 0 Å². The van der Waals surface area contributed by atoms with Crippen molar-refractivity contribution in [1.29, 1.82) is 0 Å². The molecule has 0 fully saturated rings. The van der Waals surface area contributed by atoms with Gasteiger partial charge in [-0.3, -0.25) is 4.79 Å². The summed E-state index contributed by atoms with van der Waals surface area (Å²) in [6, 6.07) is 8.45. The van der Waals surface area contributed by atoms with Crippen LogP contribution in [0.15, 0.2) is 48.7 Å². The zero-order chi connectivity index (χ0) is 19.4. The summed E-state index contributed by atoms with van der Waals surface area (Å²) >= 11 is 5.90. The van der Waals surface area contributed by atoms with E-state index < -0.39 is 23.4 Å². The van der Waals surface area contributed by atoms with Crippen molar-refractivity contribution in [3.63, 3.8) is 0 Å². The summed E-state index contributed by atoms with van der Waals surface area (Å²) in [5.74, 6) is -2.45. The first-order valence-corrected chi connectivity index (χ1v) is 8.07. The Bertz CT molecular complexity index is 960. The zero-order valence-corrected chi connectivity index (χ0v) is 14.4. The summed E-state index contributed by atoms with van der Waals surface area (Å²) in [5.41, 5.74) is 0.470. The molecule has 0 spiro atoms. The van der Waals surface area contributed by atoms with Crippen LogP contribution in [0.25, 0.3) is 0 Å². The van der Waals surface area contributed by atoms with E-state index in [1.165, 1.54) is 30.5 Å². The van der Waals surface area contributed by atoms with E-state index in [0.717, 1.165) is 18.2 Å². The number of halogens is 4. The van der Waals surface area contributed by atoms with Gasteiger partial charge >= 0.3 is 0 Å². The van der Waals surface area contributed by atoms with Gasteiger partial charge in [-0.05, 0) is 24.3 Å². The predicted molar refractivity (Wildman–Crippen MR) is 95.4 cm³/mol. The fourth-order valence-electron chi connectivity index (χ4n) is 2.34. The minimum atomic E-state index is -0.753. The molecule has 1 aromatic heterocycles. The lowest BCUT2D eigenvalue weighted by atomic mass is 10.1. The van der Waals surface area contributed by atoms with Gasteiger partial charge in [-0.2, -0.15) is 5.10 Å². The van der Waals surface area contributed by atoms with Crippen LogP contribution < -0.4 is 10.6 Å². The number of amides is 1. The number of nitrogens with one attached hydrogen (secondary N) is 2. The van der Waals surface area contributed by atoms with Gasteiger partial charge in [0.2, 0.25) is 5.91 Å². The van der Waals surface area contributed by atoms with Crippen LogP contribution in [0.3, 0.4) is 0 Å². The molecule has 0 saturated carbocycles. The van der Waals surface area contributed by atoms with Crippen molar-refractivity contribution in [2.24, 2.45) is 0 Å². The first-order chi connectivity index (χ1) is 12.9. The summed E-state index contributed by atoms with van der Waals surface area (Å²) in [6.45, 7) is 0. The third kappa shape index (κ3) is 4.95. The Morgan fingerprint density at radius 2 is 1.78 bits per heavy atom. The number of hydrogen-bond donors (Lipinski definition) is 2. The summed E-state index contributed by atoms with van der Waals surface area (Å²) in [4.78, 5) is 12.1. The zero-order valence-electron chi connectivity index (χ0n) is 13.6. The standard InChI is InChI=1S/C18H12ClF3N4O/c19-15-2-1-3-16(22)14(15)8-18(27)25-13-7-17(26-23-9-13)24-12-5-10(20)4-11(21)6-12/h1-7,9H,8H2,(H2,24,25,26,27). The minimum Gasteiger partial charge on any atom is -0.338 e. The second-order valence-electron chi connectivity index (χ2n) is 5.54. The fourth-order valence-corrected chi connectivity index (χ4v) is 2.57. The third-order valence-corrected chi connectivity index (χ3v) is 3.83. The van der Waals surface area contributed by atoms with Crippen LogP contribution in [0.2, 0.25) is 5.02 Å². The van der Waals surface area contributed by atoms with E-state index >= 15 is 0 Å². The van der Waals surface area contributed by atoms with Crippen molar-refractivity contribution in [3.8, 4) is 0 Å². The van der Waals surface area contributed by atoms with E-state index in [0.29, 0.717) is 0 Å². The van der Waals surface area contributed by atoms with Gasteiger partial charge < -0.3 is 10.6 Å². The van der Waals surface area contributed by atoms with E-state index in [4.69, 9.17) is 11.6 Å². The largest absolute Gasteiger partial charge is 0.338 e. The van der Waals surface area contributed by atoms with Gasteiger partial charge in [0.15, 0.2) is 5.82 Å². The molecule has 0 aliphatic rings. The number of aromatic nitrogens is 2. The Morgan fingerprint density at radius 1 is 1.04 bits per heavy atom. The number of carbonyl (C=O) groups is 1. The smallest absolute Gasteiger partial charge is 0.229 e. The van der Waals surface area contributed by atoms with Crippen molar-refractivity contribution in [3.05, 3.63) is 76.7 Å². The lowest BCUT2D eigenvalue weighted by Crippen LogP contribution is -2.16. The maximum Gasteiger partial charge on any atom is 0.229 e. The van der Waals surface area contributed by atoms with Crippen molar-refractivity contribution in [1.82, 2.24) is 10.2 Å². The summed E-state index contributed by atoms with van der Waals surface area (Å²) in [5, 5.41) is 12.8. The van der Waals surface area contributed by atoms with Gasteiger partial charge in [-0.25, -0.2) is 13.2 Å². The number of hydrogen-bond acceptors (Lipinski definition) is 4. The number of benzene rings is 2. The topological polar surface area (TPSA) is 66.9 Å². The molecule has 5 nitrogen and oxygen atoms in total. The minimum absolute atomic E-state index is 0.0762. The maximum atomic E-state index is 13.8. The predicted octanol–water partition coefficient (Wildman–Crippen LogP) is 4.47. The molecule has 3 rings (SSSR count). The maximum absolute atomic E-state index is 13.8. The molecule has 0 bridgehead atoms. The van der Waals surface area contributed by atoms with Crippen LogP contribution in [0, 0.1) is 17.5 Å². The molecule has 1 amide bonds. The summed E-state index contributed by atoms with van der Waals surface area (Å²) in [7, 11) is 0. The molecule has 0 unspecified atom stereocenters. The molecule has 2 aromatic carbocycles. The van der Waals surface area contributed by atoms with Crippen LogP contribution in [-0.4, -0.2) is 16.1 Å². The van der Waals surface area contributed by atoms with Crippen LogP contribution in [0.1, 0.15) is 5.56 Å². The Kier molecular flexibility index (Phi) is 5.56. The van der Waals surface area contributed by atoms with Crippen molar-refractivity contribution in [2.75, 3.05) is 10.6 Å². The number of rotatable bonds is 5. The van der Waals surface area contributed by atoms with Gasteiger partial charge in [0.05, 0.1) is 18.3 Å². The van der Waals surface area contributed by atoms with E-state index in [1.807, 2.05) is 0 Å². The van der Waals surface area contributed by atoms with Gasteiger partial charge in [0.25, 0.3) is 0 Å². The highest BCUT2D eigenvalue weighted by molar-refractivity contribution is 6.31. The average Bonchev–Trinajstić information content (AvgIpc) is 2.58. The van der Waals surface area contributed by atoms with Gasteiger partial charge in [-0.1, -0.05) is 17.7 Å². The molecule has 0 aliphatic heterocycles. The molecule has 9 heteroatoms. The normalized spacial score (nSPS) is 10.5. The average molecular weight is 393 g/mol. The molecule has 1 heterocycles. The molecular weight excluding hydrogens is 381 g/mol. The number of carbonyl (C=O) groups excluding carboxylic acids is 1. The Labute approximate surface area is 157 Å². The molecule has 2 N–H and O–H groups in total. The summed E-state index contributed by atoms with van der Waals surface area (Å²) in [6.07, 6.45) is 1.00. The van der Waals surface area contributed by atoms with E-state index in [-0.39, 0.29) is 34.2 Å². The Balaban J connectivity index is 1.71. The lowest BCUT2D eigenvalue weighted by Gasteiger charge is -2.09. The second kappa shape index (κ2) is 8.05. The van der Waals surface area contributed by atoms with Crippen molar-refractivity contribution in [2.45, 2.75) is 6.42 Å². The molecule has 3 aromatic rings. The summed E-state index contributed by atoms with van der Waals surface area (Å²) < 4.78 is 40.2. The first kappa shape index (κ1) is 18.7. The van der Waals surface area contributed by atoms with Gasteiger partial charge in [-0.15, -0.1) is 5.10 Å². The highest BCUT2D eigenvalue weighted by Crippen LogP contribution is 2.21. The number of anilines is 3. The number of nitrogens with zero attached hydrogens (tertiary/aromatic N) is 2. The molecule has 0 radical (unpaired) electrons. The Morgan fingerprint density at radius 3 is 2.48 bits per heavy atom. The second-order valence-corrected chi connectivity index (χ2v) is 5.94. The van der Waals surface area contributed by atoms with Gasteiger partial charge in [0, 0.05) is 28.4 Å². The molecule has 138 valence electrons. The Hall–Kier alpha value is -3.13. The molecule has 0 saturated heterocycles. The quantitative estimate of drug-likeness (QED) is 0.672. The first-order valence-electron chi connectivity index (χ1n) is 7.69. The monoisotopic (exact) mass is 392 g/mol. The van der Waals surface area contributed by atoms with Crippen LogP contribution in [-0.2, 0) is 11.2 Å². The van der Waals surface area contributed by atoms with Crippen LogP contribution in [0.5, 0.6) is 0 Å². The molecule has 0 atom stereocenters. The molecule has 27 heavy (non-hydrogen) atoms. The van der Waals surface area contributed by atoms with Gasteiger partial charge in [0.1, 0.15) is 17.5 Å².